The molecule has 2 rings (SSSR count). The van der Waals surface area contributed by atoms with E-state index in [-0.39, 0.29) is 28.5 Å². The maximum Gasteiger partial charge on any atom is 0.319 e. The maximum atomic E-state index is 12.1. The summed E-state index contributed by atoms with van der Waals surface area (Å²) in [5.41, 5.74) is 12.1. The Bertz CT molecular complexity index is 529. The summed E-state index contributed by atoms with van der Waals surface area (Å²) in [6, 6.07) is 0. The Hall–Kier alpha value is -1.87. The summed E-state index contributed by atoms with van der Waals surface area (Å²) in [6.45, 7) is 2.56. The van der Waals surface area contributed by atoms with Crippen LogP contribution in [-0.4, -0.2) is 85.7 Å². The molecular weight excluding hydrogens is 322 g/mol. The van der Waals surface area contributed by atoms with E-state index in [1.54, 1.807) is 26.1 Å². The summed E-state index contributed by atoms with van der Waals surface area (Å²) < 4.78 is 5.45. The number of piperidine rings is 2. The molecule has 2 aliphatic rings. The Morgan fingerprint density at radius 2 is 1.92 bits per heavy atom. The number of ether oxygens (including phenoxy) is 1. The van der Waals surface area contributed by atoms with Crippen molar-refractivity contribution >= 4 is 17.8 Å². The summed E-state index contributed by atoms with van der Waals surface area (Å²) in [5, 5.41) is 12.6. The minimum atomic E-state index is -0.0117. The van der Waals surface area contributed by atoms with Gasteiger partial charge in [0, 0.05) is 46.6 Å². The molecule has 0 aliphatic carbocycles. The molecule has 9 heteroatoms. The molecule has 0 spiro atoms. The molecule has 2 heterocycles. The van der Waals surface area contributed by atoms with Crippen LogP contribution >= 0.6 is 0 Å². The Balaban J connectivity index is 2.06. The highest BCUT2D eigenvalue weighted by Gasteiger charge is 2.41. The highest BCUT2D eigenvalue weighted by molar-refractivity contribution is 5.80. The number of likely N-dealkylation sites (tertiary alicyclic amines) is 2. The lowest BCUT2D eigenvalue weighted by molar-refractivity contribution is -0.859. The molecule has 0 saturated carbocycles. The molecular formula is C16H32N7O2+. The zero-order valence-corrected chi connectivity index (χ0v) is 15.6. The van der Waals surface area contributed by atoms with E-state index >= 15 is 0 Å². The number of carbonyl (C=O) groups excluding carboxylic acids is 1. The predicted molar refractivity (Wildman–Crippen MR) is 96.6 cm³/mol. The maximum absolute atomic E-state index is 12.1. The van der Waals surface area contributed by atoms with Crippen LogP contribution in [0.3, 0.4) is 0 Å². The number of nitrogens with zero attached hydrogens (tertiary/aromatic N) is 4. The van der Waals surface area contributed by atoms with Crippen molar-refractivity contribution in [3.8, 4) is 0 Å². The lowest BCUT2D eigenvalue weighted by atomic mass is 9.96. The van der Waals surface area contributed by atoms with Gasteiger partial charge in [-0.15, -0.1) is 4.59 Å². The number of amides is 1. The molecule has 0 aromatic heterocycles. The Kier molecular flexibility index (Phi) is 6.23. The van der Waals surface area contributed by atoms with Crippen molar-refractivity contribution < 1.29 is 14.1 Å². The van der Waals surface area contributed by atoms with Crippen LogP contribution in [0.15, 0.2) is 5.10 Å². The van der Waals surface area contributed by atoms with Gasteiger partial charge in [0.1, 0.15) is 19.2 Å². The van der Waals surface area contributed by atoms with E-state index in [1.807, 2.05) is 4.90 Å². The Morgan fingerprint density at radius 1 is 1.28 bits per heavy atom. The molecule has 9 nitrogen and oxygen atoms in total. The number of hydrogen-bond acceptors (Lipinski definition) is 4. The van der Waals surface area contributed by atoms with Crippen LogP contribution in [-0.2, 0) is 9.53 Å². The third-order valence-corrected chi connectivity index (χ3v) is 5.24. The van der Waals surface area contributed by atoms with Gasteiger partial charge in [-0.2, -0.15) is 0 Å². The molecule has 2 atom stereocenters. The van der Waals surface area contributed by atoms with Gasteiger partial charge < -0.3 is 26.0 Å². The number of rotatable bonds is 3. The van der Waals surface area contributed by atoms with Crippen molar-refractivity contribution in [2.75, 3.05) is 47.4 Å². The van der Waals surface area contributed by atoms with Gasteiger partial charge in [-0.1, -0.05) is 0 Å². The number of carbonyl (C=O) groups is 1. The number of quaternary nitrogens is 1. The largest absolute Gasteiger partial charge is 0.375 e. The van der Waals surface area contributed by atoms with E-state index in [1.165, 1.54) is 0 Å². The minimum Gasteiger partial charge on any atom is -0.375 e. The zero-order chi connectivity index (χ0) is 18.6. The second kappa shape index (κ2) is 8.01. The number of nitrogens with one attached hydrogen (secondary N) is 1. The van der Waals surface area contributed by atoms with Crippen molar-refractivity contribution in [2.24, 2.45) is 22.5 Å². The van der Waals surface area contributed by atoms with Crippen LogP contribution < -0.4 is 11.5 Å². The van der Waals surface area contributed by atoms with Gasteiger partial charge in [-0.3, -0.25) is 4.79 Å². The van der Waals surface area contributed by atoms with Gasteiger partial charge in [0.25, 0.3) is 5.96 Å². The quantitative estimate of drug-likeness (QED) is 0.360. The Labute approximate surface area is 149 Å². The molecule has 1 amide bonds. The van der Waals surface area contributed by atoms with Crippen molar-refractivity contribution in [1.82, 2.24) is 9.80 Å². The summed E-state index contributed by atoms with van der Waals surface area (Å²) in [4.78, 5) is 15.7. The summed E-state index contributed by atoms with van der Waals surface area (Å²) >= 11 is 0. The highest BCUT2D eigenvalue weighted by atomic mass is 16.5. The van der Waals surface area contributed by atoms with E-state index in [0.717, 1.165) is 25.7 Å². The third kappa shape index (κ3) is 4.40. The van der Waals surface area contributed by atoms with Crippen LogP contribution in [0.2, 0.25) is 0 Å². The molecule has 0 aromatic carbocycles. The fourth-order valence-electron chi connectivity index (χ4n) is 3.64. The molecule has 0 bridgehead atoms. The predicted octanol–water partition coefficient (Wildman–Crippen LogP) is -0.465. The van der Waals surface area contributed by atoms with Gasteiger partial charge in [-0.25, -0.2) is 5.41 Å². The van der Waals surface area contributed by atoms with Gasteiger partial charge in [0.05, 0.1) is 0 Å². The van der Waals surface area contributed by atoms with E-state index in [4.69, 9.17) is 21.6 Å². The van der Waals surface area contributed by atoms with Crippen molar-refractivity contribution in [1.29, 1.82) is 5.41 Å². The topological polar surface area (TPSA) is 121 Å². The second-order valence-electron chi connectivity index (χ2n) is 7.17. The molecule has 25 heavy (non-hydrogen) atoms. The first-order chi connectivity index (χ1) is 11.8. The van der Waals surface area contributed by atoms with Gasteiger partial charge in [-0.05, 0) is 24.4 Å². The van der Waals surface area contributed by atoms with Crippen LogP contribution in [0.4, 0.5) is 0 Å². The van der Waals surface area contributed by atoms with Crippen molar-refractivity contribution in [2.45, 2.75) is 31.8 Å². The standard InChI is InChI=1S/C16H32N7O2/c1-21(2)14(24)12-6-8-22(9-7-12)16(19)20-23(15(17)18)10-4-5-13(11-23)25-3/h12-13H,4-11H2,1-3H3,(H3,17,18)(H2,19,20)/q+1. The second-order valence-corrected chi connectivity index (χ2v) is 7.17. The number of hydrogen-bond donors (Lipinski definition) is 3. The average molecular weight is 354 g/mol. The van der Waals surface area contributed by atoms with Crippen LogP contribution in [0.1, 0.15) is 25.7 Å². The minimum absolute atomic E-state index is 0.000890. The number of nitrogens with two attached hydrogens (primary N) is 2. The first-order valence-electron chi connectivity index (χ1n) is 8.85. The first-order valence-corrected chi connectivity index (χ1v) is 8.85. The van der Waals surface area contributed by atoms with Gasteiger partial charge >= 0.3 is 5.96 Å². The fourth-order valence-corrected chi connectivity index (χ4v) is 3.64. The average Bonchev–Trinajstić information content (AvgIpc) is 2.61. The van der Waals surface area contributed by atoms with Crippen molar-refractivity contribution in [3.05, 3.63) is 0 Å². The van der Waals surface area contributed by atoms with E-state index in [9.17, 15) is 4.79 Å². The molecule has 2 aliphatic heterocycles. The lowest BCUT2D eigenvalue weighted by Crippen LogP contribution is -2.60. The first kappa shape index (κ1) is 19.5. The van der Waals surface area contributed by atoms with E-state index in [2.05, 4.69) is 5.10 Å². The van der Waals surface area contributed by atoms with E-state index < -0.39 is 0 Å². The molecule has 0 aromatic rings. The normalized spacial score (nSPS) is 28.7. The van der Waals surface area contributed by atoms with Crippen LogP contribution in [0.5, 0.6) is 0 Å². The van der Waals surface area contributed by atoms with Crippen LogP contribution in [0, 0.1) is 11.3 Å². The number of methoxy groups -OCH3 is 1. The van der Waals surface area contributed by atoms with Gasteiger partial charge in [0.15, 0.2) is 0 Å². The van der Waals surface area contributed by atoms with Crippen molar-refractivity contribution in [3.63, 3.8) is 0 Å². The molecule has 2 saturated heterocycles. The number of guanidine groups is 2. The SMILES string of the molecule is COC1CCC[N+](N=C(N)N2CCC(C(=O)N(C)C)CC2)(C(=N)N)C1. The summed E-state index contributed by atoms with van der Waals surface area (Å²) in [6.07, 6.45) is 3.37. The van der Waals surface area contributed by atoms with Gasteiger partial charge in [0.2, 0.25) is 5.91 Å². The molecule has 142 valence electrons. The van der Waals surface area contributed by atoms with Crippen LogP contribution in [0.25, 0.3) is 0 Å². The molecule has 5 N–H and O–H groups in total. The van der Waals surface area contributed by atoms with E-state index in [0.29, 0.717) is 32.1 Å². The lowest BCUT2D eigenvalue weighted by Gasteiger charge is -2.38. The Morgan fingerprint density at radius 3 is 2.44 bits per heavy atom. The molecule has 2 fully saturated rings. The monoisotopic (exact) mass is 354 g/mol. The zero-order valence-electron chi connectivity index (χ0n) is 15.6. The summed E-state index contributed by atoms with van der Waals surface area (Å²) in [7, 11) is 5.24. The fraction of sp³-hybridized carbons (Fsp3) is 0.812. The smallest absolute Gasteiger partial charge is 0.319 e. The molecule has 0 radical (unpaired) electrons. The molecule has 2 unspecified atom stereocenters. The third-order valence-electron chi connectivity index (χ3n) is 5.24. The highest BCUT2D eigenvalue weighted by Crippen LogP contribution is 2.23. The summed E-state index contributed by atoms with van der Waals surface area (Å²) in [5.74, 6) is 0.592.